The van der Waals surface area contributed by atoms with Crippen molar-refractivity contribution in [2.45, 2.75) is 51.1 Å². The third kappa shape index (κ3) is 2.63. The number of likely N-dealkylation sites (tertiary alicyclic amines) is 1. The number of hydrogen-bond acceptors (Lipinski definition) is 4. The van der Waals surface area contributed by atoms with Gasteiger partial charge in [-0.1, -0.05) is 0 Å². The molecular weight excluding hydrogens is 344 g/mol. The number of fused-ring (bicyclic) bond motifs is 3. The number of rotatable bonds is 3. The maximum atomic E-state index is 12.8. The van der Waals surface area contributed by atoms with E-state index in [1.807, 2.05) is 0 Å². The zero-order valence-electron chi connectivity index (χ0n) is 15.1. The lowest BCUT2D eigenvalue weighted by atomic mass is 9.97. The normalized spacial score (nSPS) is 20.7. The molecule has 0 aromatic carbocycles. The lowest BCUT2D eigenvalue weighted by Crippen LogP contribution is -2.26. The zero-order valence-corrected chi connectivity index (χ0v) is 15.9. The first-order valence-corrected chi connectivity index (χ1v) is 10.4. The highest BCUT2D eigenvalue weighted by Gasteiger charge is 2.28. The number of nitrogens with zero attached hydrogens (tertiary/aromatic N) is 3. The average Bonchev–Trinajstić information content (AvgIpc) is 3.32. The molecule has 4 heterocycles. The third-order valence-corrected chi connectivity index (χ3v) is 7.10. The topological polar surface area (TPSA) is 53.9 Å². The molecule has 0 bridgehead atoms. The summed E-state index contributed by atoms with van der Waals surface area (Å²) in [6, 6.07) is 4.72. The lowest BCUT2D eigenvalue weighted by molar-refractivity contribution is 0.235. The molecular formula is C20H24N4OS. The first kappa shape index (κ1) is 16.3. The Morgan fingerprint density at radius 3 is 3.04 bits per heavy atom. The smallest absolute Gasteiger partial charge is 0.259 e. The summed E-state index contributed by atoms with van der Waals surface area (Å²) in [6.07, 6.45) is 9.01. The summed E-state index contributed by atoms with van der Waals surface area (Å²) < 4.78 is 2.20. The molecule has 0 amide bonds. The number of aryl methyl sites for hydroxylation is 3. The Hall–Kier alpha value is -1.92. The van der Waals surface area contributed by atoms with Crippen molar-refractivity contribution in [3.63, 3.8) is 0 Å². The number of hydrogen-bond donors (Lipinski definition) is 1. The Morgan fingerprint density at radius 1 is 1.31 bits per heavy atom. The van der Waals surface area contributed by atoms with Crippen LogP contribution in [0, 0.1) is 0 Å². The maximum absolute atomic E-state index is 12.8. The van der Waals surface area contributed by atoms with Gasteiger partial charge in [0, 0.05) is 23.8 Å². The SMILES string of the molecule is Cn1cccc1[C@H]1CCCN1Cc1nc2sc3c(c2c(=O)[nH]1)CCCC3. The van der Waals surface area contributed by atoms with Crippen molar-refractivity contribution in [3.05, 3.63) is 50.6 Å². The molecule has 2 aliphatic rings. The quantitative estimate of drug-likeness (QED) is 0.769. The number of thiophene rings is 1. The molecule has 0 radical (unpaired) electrons. The van der Waals surface area contributed by atoms with Crippen LogP contribution >= 0.6 is 11.3 Å². The Bertz CT molecular complexity index is 1010. The van der Waals surface area contributed by atoms with E-state index in [0.717, 1.165) is 41.8 Å². The minimum absolute atomic E-state index is 0.0546. The zero-order chi connectivity index (χ0) is 17.7. The Labute approximate surface area is 156 Å². The minimum Gasteiger partial charge on any atom is -0.353 e. The number of aromatic amines is 1. The molecule has 1 aliphatic heterocycles. The van der Waals surface area contributed by atoms with Gasteiger partial charge in [0.1, 0.15) is 10.7 Å². The van der Waals surface area contributed by atoms with Crippen LogP contribution in [-0.2, 0) is 26.4 Å². The molecule has 0 saturated carbocycles. The molecule has 26 heavy (non-hydrogen) atoms. The van der Waals surface area contributed by atoms with E-state index >= 15 is 0 Å². The van der Waals surface area contributed by atoms with Gasteiger partial charge in [-0.25, -0.2) is 4.98 Å². The van der Waals surface area contributed by atoms with Crippen LogP contribution in [0.25, 0.3) is 10.2 Å². The fourth-order valence-electron chi connectivity index (χ4n) is 4.65. The van der Waals surface area contributed by atoms with Crippen molar-refractivity contribution in [1.29, 1.82) is 0 Å². The second-order valence-corrected chi connectivity index (χ2v) is 8.66. The molecule has 0 unspecified atom stereocenters. The molecule has 1 aliphatic carbocycles. The van der Waals surface area contributed by atoms with Gasteiger partial charge in [0.2, 0.25) is 0 Å². The summed E-state index contributed by atoms with van der Waals surface area (Å²) >= 11 is 1.73. The van der Waals surface area contributed by atoms with E-state index < -0.39 is 0 Å². The second kappa shape index (κ2) is 6.35. The van der Waals surface area contributed by atoms with Gasteiger partial charge in [-0.15, -0.1) is 11.3 Å². The monoisotopic (exact) mass is 368 g/mol. The molecule has 0 spiro atoms. The molecule has 1 fully saturated rings. The number of nitrogens with one attached hydrogen (secondary N) is 1. The Balaban J connectivity index is 1.48. The van der Waals surface area contributed by atoms with E-state index in [1.54, 1.807) is 11.3 Å². The molecule has 5 rings (SSSR count). The van der Waals surface area contributed by atoms with Gasteiger partial charge in [-0.2, -0.15) is 0 Å². The van der Waals surface area contributed by atoms with Gasteiger partial charge in [0.05, 0.1) is 18.0 Å². The third-order valence-electron chi connectivity index (χ3n) is 5.92. The standard InChI is InChI=1S/C20H24N4OS/c1-23-10-4-7-14(23)15-8-5-11-24(15)12-17-21-19(25)18-13-6-2-3-9-16(13)26-20(18)22-17/h4,7,10,15H,2-3,5-6,8-9,11-12H2,1H3,(H,21,22,25)/t15-/m1/s1. The second-order valence-electron chi connectivity index (χ2n) is 7.58. The number of H-pyrrole nitrogens is 1. The van der Waals surface area contributed by atoms with E-state index in [0.29, 0.717) is 12.6 Å². The highest BCUT2D eigenvalue weighted by Crippen LogP contribution is 2.35. The van der Waals surface area contributed by atoms with Crippen molar-refractivity contribution in [3.8, 4) is 0 Å². The van der Waals surface area contributed by atoms with Crippen molar-refractivity contribution in [1.82, 2.24) is 19.4 Å². The molecule has 3 aromatic rings. The molecule has 136 valence electrons. The summed E-state index contributed by atoms with van der Waals surface area (Å²) in [7, 11) is 2.11. The van der Waals surface area contributed by atoms with Crippen LogP contribution in [0.3, 0.4) is 0 Å². The van der Waals surface area contributed by atoms with E-state index in [4.69, 9.17) is 4.98 Å². The van der Waals surface area contributed by atoms with Crippen molar-refractivity contribution < 1.29 is 0 Å². The fraction of sp³-hybridized carbons (Fsp3) is 0.500. The van der Waals surface area contributed by atoms with Gasteiger partial charge in [0.15, 0.2) is 0 Å². The molecule has 1 N–H and O–H groups in total. The summed E-state index contributed by atoms with van der Waals surface area (Å²) in [5, 5.41) is 0.855. The van der Waals surface area contributed by atoms with Crippen LogP contribution in [0.1, 0.15) is 53.7 Å². The Morgan fingerprint density at radius 2 is 2.19 bits per heavy atom. The molecule has 1 atom stereocenters. The highest BCUT2D eigenvalue weighted by molar-refractivity contribution is 7.18. The van der Waals surface area contributed by atoms with Crippen LogP contribution in [0.2, 0.25) is 0 Å². The Kier molecular flexibility index (Phi) is 3.98. The molecule has 1 saturated heterocycles. The summed E-state index contributed by atoms with van der Waals surface area (Å²) in [4.78, 5) is 25.5. The lowest BCUT2D eigenvalue weighted by Gasteiger charge is -2.24. The van der Waals surface area contributed by atoms with Gasteiger partial charge < -0.3 is 9.55 Å². The van der Waals surface area contributed by atoms with E-state index in [-0.39, 0.29) is 5.56 Å². The van der Waals surface area contributed by atoms with Crippen molar-refractivity contribution in [2.24, 2.45) is 7.05 Å². The highest BCUT2D eigenvalue weighted by atomic mass is 32.1. The van der Waals surface area contributed by atoms with E-state index in [2.05, 4.69) is 39.8 Å². The van der Waals surface area contributed by atoms with E-state index in [1.165, 1.54) is 35.4 Å². The predicted molar refractivity (Wildman–Crippen MR) is 105 cm³/mol. The first-order chi connectivity index (χ1) is 12.7. The number of aromatic nitrogens is 3. The average molecular weight is 369 g/mol. The van der Waals surface area contributed by atoms with Gasteiger partial charge in [-0.05, 0) is 62.8 Å². The van der Waals surface area contributed by atoms with Gasteiger partial charge >= 0.3 is 0 Å². The summed E-state index contributed by atoms with van der Waals surface area (Å²) in [6.45, 7) is 1.77. The van der Waals surface area contributed by atoms with Crippen LogP contribution in [-0.4, -0.2) is 26.0 Å². The summed E-state index contributed by atoms with van der Waals surface area (Å²) in [5.41, 5.74) is 2.66. The van der Waals surface area contributed by atoms with Gasteiger partial charge in [0.25, 0.3) is 5.56 Å². The van der Waals surface area contributed by atoms with E-state index in [9.17, 15) is 4.79 Å². The van der Waals surface area contributed by atoms with Crippen LogP contribution < -0.4 is 5.56 Å². The van der Waals surface area contributed by atoms with Crippen molar-refractivity contribution in [2.75, 3.05) is 6.54 Å². The van der Waals surface area contributed by atoms with Gasteiger partial charge in [-0.3, -0.25) is 9.69 Å². The molecule has 3 aromatic heterocycles. The first-order valence-electron chi connectivity index (χ1n) is 9.59. The van der Waals surface area contributed by atoms with Crippen LogP contribution in [0.5, 0.6) is 0 Å². The van der Waals surface area contributed by atoms with Crippen molar-refractivity contribution >= 4 is 21.6 Å². The molecule has 6 heteroatoms. The molecule has 5 nitrogen and oxygen atoms in total. The fourth-order valence-corrected chi connectivity index (χ4v) is 5.93. The maximum Gasteiger partial charge on any atom is 0.259 e. The minimum atomic E-state index is 0.0546. The van der Waals surface area contributed by atoms with Crippen LogP contribution in [0.15, 0.2) is 23.1 Å². The predicted octanol–water partition coefficient (Wildman–Crippen LogP) is 3.54. The largest absolute Gasteiger partial charge is 0.353 e. The summed E-state index contributed by atoms with van der Waals surface area (Å²) in [5.74, 6) is 0.808. The van der Waals surface area contributed by atoms with Crippen LogP contribution in [0.4, 0.5) is 0 Å².